The summed E-state index contributed by atoms with van der Waals surface area (Å²) in [6.07, 6.45) is 1.79. The SMILES string of the molecule is CC(=O)OC1CCC(NC(=O)OC(C)(C)C)C1. The molecule has 1 aliphatic rings. The molecular weight excluding hydrogens is 222 g/mol. The fourth-order valence-corrected chi connectivity index (χ4v) is 1.89. The second kappa shape index (κ2) is 5.38. The fourth-order valence-electron chi connectivity index (χ4n) is 1.89. The summed E-state index contributed by atoms with van der Waals surface area (Å²) >= 11 is 0. The van der Waals surface area contributed by atoms with Crippen LogP contribution in [0.15, 0.2) is 0 Å². The van der Waals surface area contributed by atoms with Crippen LogP contribution in [0.4, 0.5) is 4.79 Å². The van der Waals surface area contributed by atoms with Crippen molar-refractivity contribution in [3.05, 3.63) is 0 Å². The number of amides is 1. The van der Waals surface area contributed by atoms with E-state index in [9.17, 15) is 9.59 Å². The molecule has 0 radical (unpaired) electrons. The number of carbonyl (C=O) groups excluding carboxylic acids is 2. The van der Waals surface area contributed by atoms with Crippen molar-refractivity contribution in [1.82, 2.24) is 5.32 Å². The summed E-state index contributed by atoms with van der Waals surface area (Å²) in [5.41, 5.74) is -0.488. The van der Waals surface area contributed by atoms with E-state index in [2.05, 4.69) is 5.32 Å². The van der Waals surface area contributed by atoms with Gasteiger partial charge in [0.15, 0.2) is 0 Å². The summed E-state index contributed by atoms with van der Waals surface area (Å²) in [5.74, 6) is -0.270. The Bertz CT molecular complexity index is 295. The smallest absolute Gasteiger partial charge is 0.407 e. The molecule has 1 fully saturated rings. The number of rotatable bonds is 2. The minimum absolute atomic E-state index is 0.0363. The van der Waals surface area contributed by atoms with Gasteiger partial charge in [0.2, 0.25) is 0 Å². The van der Waals surface area contributed by atoms with E-state index in [0.717, 1.165) is 12.8 Å². The molecule has 1 rings (SSSR count). The fraction of sp³-hybridized carbons (Fsp3) is 0.833. The van der Waals surface area contributed by atoms with Crippen molar-refractivity contribution in [3.63, 3.8) is 0 Å². The normalized spacial score (nSPS) is 24.2. The number of hydrogen-bond donors (Lipinski definition) is 1. The first-order chi connectivity index (χ1) is 7.76. The predicted octanol–water partition coefficient (Wildman–Crippen LogP) is 2.00. The molecular formula is C12H21NO4. The Kier molecular flexibility index (Phi) is 4.37. The summed E-state index contributed by atoms with van der Waals surface area (Å²) < 4.78 is 10.3. The van der Waals surface area contributed by atoms with Crippen LogP contribution < -0.4 is 5.32 Å². The number of carbonyl (C=O) groups is 2. The Hall–Kier alpha value is -1.26. The Labute approximate surface area is 102 Å². The maximum atomic E-state index is 11.5. The zero-order valence-corrected chi connectivity index (χ0v) is 10.9. The lowest BCUT2D eigenvalue weighted by Crippen LogP contribution is -2.38. The summed E-state index contributed by atoms with van der Waals surface area (Å²) in [4.78, 5) is 22.3. The first kappa shape index (κ1) is 13.8. The molecule has 98 valence electrons. The molecule has 1 aliphatic carbocycles. The average Bonchev–Trinajstić information content (AvgIpc) is 2.46. The molecule has 2 unspecified atom stereocenters. The molecule has 1 saturated carbocycles. The minimum atomic E-state index is -0.488. The number of hydrogen-bond acceptors (Lipinski definition) is 4. The highest BCUT2D eigenvalue weighted by molar-refractivity contribution is 5.68. The lowest BCUT2D eigenvalue weighted by atomic mass is 10.2. The molecule has 0 spiro atoms. The van der Waals surface area contributed by atoms with Gasteiger partial charge in [-0.1, -0.05) is 0 Å². The maximum Gasteiger partial charge on any atom is 0.407 e. The molecule has 0 aromatic heterocycles. The van der Waals surface area contributed by atoms with Gasteiger partial charge >= 0.3 is 12.1 Å². The predicted molar refractivity (Wildman–Crippen MR) is 62.6 cm³/mol. The Morgan fingerprint density at radius 3 is 2.41 bits per heavy atom. The van der Waals surface area contributed by atoms with Gasteiger partial charge in [-0.05, 0) is 33.6 Å². The molecule has 0 heterocycles. The van der Waals surface area contributed by atoms with Crippen molar-refractivity contribution in [2.75, 3.05) is 0 Å². The van der Waals surface area contributed by atoms with Gasteiger partial charge in [0, 0.05) is 19.4 Å². The Morgan fingerprint density at radius 2 is 1.88 bits per heavy atom. The van der Waals surface area contributed by atoms with E-state index in [1.807, 2.05) is 20.8 Å². The highest BCUT2D eigenvalue weighted by Gasteiger charge is 2.29. The Balaban J connectivity index is 2.30. The molecule has 1 amide bonds. The van der Waals surface area contributed by atoms with Crippen LogP contribution in [0, 0.1) is 0 Å². The third kappa shape index (κ3) is 5.56. The molecule has 5 heteroatoms. The van der Waals surface area contributed by atoms with Crippen LogP contribution >= 0.6 is 0 Å². The van der Waals surface area contributed by atoms with Crippen LogP contribution in [0.2, 0.25) is 0 Å². The summed E-state index contributed by atoms with van der Waals surface area (Å²) in [6.45, 7) is 6.86. The van der Waals surface area contributed by atoms with E-state index in [1.165, 1.54) is 6.92 Å². The van der Waals surface area contributed by atoms with E-state index in [0.29, 0.717) is 6.42 Å². The van der Waals surface area contributed by atoms with E-state index < -0.39 is 11.7 Å². The van der Waals surface area contributed by atoms with Crippen molar-refractivity contribution in [3.8, 4) is 0 Å². The molecule has 1 N–H and O–H groups in total. The quantitative estimate of drug-likeness (QED) is 0.753. The highest BCUT2D eigenvalue weighted by atomic mass is 16.6. The topological polar surface area (TPSA) is 64.6 Å². The van der Waals surface area contributed by atoms with Crippen molar-refractivity contribution in [2.45, 2.75) is 64.7 Å². The zero-order chi connectivity index (χ0) is 13.1. The van der Waals surface area contributed by atoms with Crippen molar-refractivity contribution in [2.24, 2.45) is 0 Å². The molecule has 0 saturated heterocycles. The molecule has 0 aromatic carbocycles. The summed E-state index contributed by atoms with van der Waals surface area (Å²) in [5, 5.41) is 2.79. The van der Waals surface area contributed by atoms with E-state index in [4.69, 9.17) is 9.47 Å². The minimum Gasteiger partial charge on any atom is -0.462 e. The molecule has 5 nitrogen and oxygen atoms in total. The van der Waals surface area contributed by atoms with Crippen LogP contribution in [-0.4, -0.2) is 29.8 Å². The second-order valence-corrected chi connectivity index (χ2v) is 5.39. The first-order valence-corrected chi connectivity index (χ1v) is 5.93. The molecule has 0 aliphatic heterocycles. The standard InChI is InChI=1S/C12H21NO4/c1-8(14)16-10-6-5-9(7-10)13-11(15)17-12(2,3)4/h9-10H,5-7H2,1-4H3,(H,13,15). The molecule has 17 heavy (non-hydrogen) atoms. The van der Waals surface area contributed by atoms with Crippen LogP contribution in [0.5, 0.6) is 0 Å². The van der Waals surface area contributed by atoms with Gasteiger partial charge in [0.1, 0.15) is 11.7 Å². The van der Waals surface area contributed by atoms with Gasteiger partial charge in [-0.2, -0.15) is 0 Å². The third-order valence-electron chi connectivity index (χ3n) is 2.44. The molecule has 2 atom stereocenters. The van der Waals surface area contributed by atoms with Crippen LogP contribution in [0.3, 0.4) is 0 Å². The van der Waals surface area contributed by atoms with Gasteiger partial charge in [0.05, 0.1) is 0 Å². The largest absolute Gasteiger partial charge is 0.462 e. The van der Waals surface area contributed by atoms with Crippen molar-refractivity contribution < 1.29 is 19.1 Å². The van der Waals surface area contributed by atoms with Gasteiger partial charge in [-0.25, -0.2) is 4.79 Å². The lowest BCUT2D eigenvalue weighted by molar-refractivity contribution is -0.145. The number of ether oxygens (including phenoxy) is 2. The zero-order valence-electron chi connectivity index (χ0n) is 10.9. The van der Waals surface area contributed by atoms with Crippen LogP contribution in [0.1, 0.15) is 47.0 Å². The Morgan fingerprint density at radius 1 is 1.24 bits per heavy atom. The van der Waals surface area contributed by atoms with Gasteiger partial charge in [-0.15, -0.1) is 0 Å². The van der Waals surface area contributed by atoms with Gasteiger partial charge in [0.25, 0.3) is 0 Å². The summed E-state index contributed by atoms with van der Waals surface area (Å²) in [6, 6.07) is 0.0363. The van der Waals surface area contributed by atoms with Gasteiger partial charge in [-0.3, -0.25) is 4.79 Å². The van der Waals surface area contributed by atoms with E-state index in [-0.39, 0.29) is 18.1 Å². The second-order valence-electron chi connectivity index (χ2n) is 5.39. The lowest BCUT2D eigenvalue weighted by Gasteiger charge is -2.21. The highest BCUT2D eigenvalue weighted by Crippen LogP contribution is 2.22. The number of alkyl carbamates (subject to hydrolysis) is 1. The monoisotopic (exact) mass is 243 g/mol. The molecule has 0 aromatic rings. The average molecular weight is 243 g/mol. The van der Waals surface area contributed by atoms with E-state index >= 15 is 0 Å². The van der Waals surface area contributed by atoms with Crippen molar-refractivity contribution in [1.29, 1.82) is 0 Å². The maximum absolute atomic E-state index is 11.5. The van der Waals surface area contributed by atoms with Crippen LogP contribution in [0.25, 0.3) is 0 Å². The van der Waals surface area contributed by atoms with Gasteiger partial charge < -0.3 is 14.8 Å². The molecule has 0 bridgehead atoms. The number of esters is 1. The van der Waals surface area contributed by atoms with Crippen molar-refractivity contribution >= 4 is 12.1 Å². The first-order valence-electron chi connectivity index (χ1n) is 5.93. The number of nitrogens with one attached hydrogen (secondary N) is 1. The summed E-state index contributed by atoms with van der Waals surface area (Å²) in [7, 11) is 0. The van der Waals surface area contributed by atoms with Crippen LogP contribution in [-0.2, 0) is 14.3 Å². The van der Waals surface area contributed by atoms with E-state index in [1.54, 1.807) is 0 Å². The third-order valence-corrected chi connectivity index (χ3v) is 2.44.